The van der Waals surface area contributed by atoms with Gasteiger partial charge in [-0.05, 0) is 25.1 Å². The van der Waals surface area contributed by atoms with E-state index in [1.165, 1.54) is 0 Å². The van der Waals surface area contributed by atoms with Crippen molar-refractivity contribution in [2.24, 2.45) is 0 Å². The van der Waals surface area contributed by atoms with Crippen molar-refractivity contribution in [1.82, 2.24) is 5.16 Å². The number of aromatic nitrogens is 1. The molecule has 1 aromatic heterocycles. The number of ketones is 1. The first-order valence-corrected chi connectivity index (χ1v) is 11.8. The Balaban J connectivity index is 1.55. The second-order valence-electron chi connectivity index (χ2n) is 8.88. The number of methoxy groups -OCH3 is 1. The number of fused-ring (bicyclic) bond motifs is 2. The number of anilines is 3. The maximum absolute atomic E-state index is 13.7. The number of carbonyl (C=O) groups is 1. The lowest BCUT2D eigenvalue weighted by atomic mass is 9.86. The molecule has 0 atom stereocenters. The van der Waals surface area contributed by atoms with Crippen molar-refractivity contribution in [3.63, 3.8) is 0 Å². The van der Waals surface area contributed by atoms with Gasteiger partial charge in [-0.2, -0.15) is 0 Å². The zero-order chi connectivity index (χ0) is 23.2. The van der Waals surface area contributed by atoms with E-state index >= 15 is 0 Å². The summed E-state index contributed by atoms with van der Waals surface area (Å²) in [7, 11) is 1.65. The fourth-order valence-corrected chi connectivity index (χ4v) is 5.16. The van der Waals surface area contributed by atoms with Gasteiger partial charge < -0.3 is 24.4 Å². The number of benzene rings is 3. The molecule has 0 unspecified atom stereocenters. The highest BCUT2D eigenvalue weighted by molar-refractivity contribution is 6.28. The lowest BCUT2D eigenvalue weighted by Gasteiger charge is -2.33. The van der Waals surface area contributed by atoms with Gasteiger partial charge in [-0.3, -0.25) is 4.79 Å². The number of piperazine rings is 1. The van der Waals surface area contributed by atoms with Crippen molar-refractivity contribution < 1.29 is 19.0 Å². The first-order valence-electron chi connectivity index (χ1n) is 11.8. The van der Waals surface area contributed by atoms with E-state index in [-0.39, 0.29) is 5.78 Å². The summed E-state index contributed by atoms with van der Waals surface area (Å²) in [6, 6.07) is 17.4. The van der Waals surface area contributed by atoms with Crippen LogP contribution in [-0.2, 0) is 0 Å². The molecule has 34 heavy (non-hydrogen) atoms. The van der Waals surface area contributed by atoms with Gasteiger partial charge in [-0.15, -0.1) is 0 Å². The molecule has 1 aliphatic heterocycles. The first kappa shape index (κ1) is 20.7. The number of quaternary nitrogens is 1. The Morgan fingerprint density at radius 2 is 1.88 bits per heavy atom. The summed E-state index contributed by atoms with van der Waals surface area (Å²) in [6.07, 6.45) is 0. The van der Waals surface area contributed by atoms with Crippen LogP contribution in [0.25, 0.3) is 22.2 Å². The molecule has 7 nitrogen and oxygen atoms in total. The van der Waals surface area contributed by atoms with Gasteiger partial charge in [0.15, 0.2) is 11.5 Å². The van der Waals surface area contributed by atoms with Crippen molar-refractivity contribution >= 4 is 33.7 Å². The van der Waals surface area contributed by atoms with Crippen LogP contribution >= 0.6 is 0 Å². The molecule has 3 aromatic carbocycles. The predicted molar refractivity (Wildman–Crippen MR) is 133 cm³/mol. The summed E-state index contributed by atoms with van der Waals surface area (Å²) in [5, 5.41) is 8.78. The van der Waals surface area contributed by atoms with E-state index in [0.29, 0.717) is 16.9 Å². The number of nitrogens with zero attached hydrogens (tertiary/aromatic N) is 2. The Hall–Kier alpha value is -3.84. The van der Waals surface area contributed by atoms with Gasteiger partial charge in [0.1, 0.15) is 11.3 Å². The van der Waals surface area contributed by atoms with Crippen LogP contribution in [0.5, 0.6) is 5.75 Å². The Labute approximate surface area is 197 Å². The van der Waals surface area contributed by atoms with Crippen molar-refractivity contribution in [1.29, 1.82) is 0 Å². The molecule has 172 valence electrons. The fourth-order valence-electron chi connectivity index (χ4n) is 5.16. The first-order chi connectivity index (χ1) is 16.7. The van der Waals surface area contributed by atoms with Crippen LogP contribution in [0.2, 0.25) is 0 Å². The molecule has 4 aromatic rings. The molecule has 2 N–H and O–H groups in total. The second-order valence-corrected chi connectivity index (χ2v) is 8.88. The maximum Gasteiger partial charge on any atom is 0.196 e. The molecular weight excluding hydrogens is 428 g/mol. The molecule has 0 spiro atoms. The Morgan fingerprint density at radius 3 is 2.65 bits per heavy atom. The number of hydrogen-bond acceptors (Lipinski definition) is 6. The molecule has 0 amide bonds. The third-order valence-electron chi connectivity index (χ3n) is 7.04. The SMILES string of the molecule is CC[NH+]1CCN(c2cc(Nc3cccc(OC)c3)c3c4c(onc24)-c2ccccc2C3=O)CC1. The third kappa shape index (κ3) is 3.23. The summed E-state index contributed by atoms with van der Waals surface area (Å²) < 4.78 is 11.3. The van der Waals surface area contributed by atoms with Gasteiger partial charge in [0.05, 0.1) is 62.2 Å². The minimum atomic E-state index is -0.0199. The number of rotatable bonds is 5. The van der Waals surface area contributed by atoms with Gasteiger partial charge in [-0.25, -0.2) is 0 Å². The molecule has 1 saturated heterocycles. The van der Waals surface area contributed by atoms with E-state index < -0.39 is 0 Å². The van der Waals surface area contributed by atoms with E-state index in [4.69, 9.17) is 9.26 Å². The topological polar surface area (TPSA) is 72.0 Å². The molecule has 1 aliphatic carbocycles. The second kappa shape index (κ2) is 8.18. The molecule has 0 radical (unpaired) electrons. The lowest BCUT2D eigenvalue weighted by Crippen LogP contribution is -3.14. The Kier molecular flexibility index (Phi) is 4.99. The molecular formula is C27H27N4O3+. The maximum atomic E-state index is 13.7. The van der Waals surface area contributed by atoms with Gasteiger partial charge in [0.25, 0.3) is 0 Å². The summed E-state index contributed by atoms with van der Waals surface area (Å²) in [6.45, 7) is 7.37. The van der Waals surface area contributed by atoms with Gasteiger partial charge in [0.2, 0.25) is 0 Å². The monoisotopic (exact) mass is 455 g/mol. The van der Waals surface area contributed by atoms with Gasteiger partial charge in [0, 0.05) is 22.9 Å². The van der Waals surface area contributed by atoms with E-state index in [1.807, 2.05) is 48.5 Å². The van der Waals surface area contributed by atoms with E-state index in [2.05, 4.69) is 28.4 Å². The van der Waals surface area contributed by atoms with E-state index in [0.717, 1.165) is 72.0 Å². The average molecular weight is 456 g/mol. The highest BCUT2D eigenvalue weighted by atomic mass is 16.5. The van der Waals surface area contributed by atoms with Gasteiger partial charge >= 0.3 is 0 Å². The molecule has 0 bridgehead atoms. The number of likely N-dealkylation sites (N-methyl/N-ethyl adjacent to an activating group) is 1. The minimum Gasteiger partial charge on any atom is -0.497 e. The standard InChI is InChI=1S/C27H26N4O3/c1-3-30-11-13-31(14-12-30)22-16-21(28-17-7-6-8-18(15-17)33-2)23-24-25(22)29-34-27(24)20-10-5-4-9-19(20)26(23)32/h4-10,15-16,28H,3,11-14H2,1-2H3/p+1. The molecule has 1 fully saturated rings. The minimum absolute atomic E-state index is 0.0199. The van der Waals surface area contributed by atoms with E-state index in [9.17, 15) is 4.79 Å². The summed E-state index contributed by atoms with van der Waals surface area (Å²) in [4.78, 5) is 17.7. The smallest absolute Gasteiger partial charge is 0.196 e. The van der Waals surface area contributed by atoms with Gasteiger partial charge in [-0.1, -0.05) is 35.5 Å². The highest BCUT2D eigenvalue weighted by Gasteiger charge is 2.34. The van der Waals surface area contributed by atoms with E-state index in [1.54, 1.807) is 12.0 Å². The van der Waals surface area contributed by atoms with Crippen LogP contribution in [-0.4, -0.2) is 50.8 Å². The normalized spacial score (nSPS) is 15.5. The summed E-state index contributed by atoms with van der Waals surface area (Å²) in [5.41, 5.74) is 5.40. The molecule has 0 saturated carbocycles. The summed E-state index contributed by atoms with van der Waals surface area (Å²) >= 11 is 0. The van der Waals surface area contributed by atoms with Crippen LogP contribution in [0.1, 0.15) is 22.8 Å². The van der Waals surface area contributed by atoms with Crippen molar-refractivity contribution in [2.45, 2.75) is 6.92 Å². The van der Waals surface area contributed by atoms with Crippen molar-refractivity contribution in [3.8, 4) is 17.1 Å². The quantitative estimate of drug-likeness (QED) is 0.423. The third-order valence-corrected chi connectivity index (χ3v) is 7.04. The van der Waals surface area contributed by atoms with Crippen molar-refractivity contribution in [2.75, 3.05) is 50.1 Å². The Morgan fingerprint density at radius 1 is 1.09 bits per heavy atom. The van der Waals surface area contributed by atoms with Crippen molar-refractivity contribution in [3.05, 3.63) is 65.7 Å². The number of hydrogen-bond donors (Lipinski definition) is 2. The molecule has 7 heteroatoms. The zero-order valence-corrected chi connectivity index (χ0v) is 19.4. The largest absolute Gasteiger partial charge is 0.497 e. The predicted octanol–water partition coefficient (Wildman–Crippen LogP) is 3.52. The molecule has 2 heterocycles. The lowest BCUT2D eigenvalue weighted by molar-refractivity contribution is -0.898. The van der Waals surface area contributed by atoms with Crippen LogP contribution in [0.4, 0.5) is 17.1 Å². The number of ether oxygens (including phenoxy) is 1. The van der Waals surface area contributed by atoms with Crippen LogP contribution in [0.3, 0.4) is 0 Å². The van der Waals surface area contributed by atoms with Crippen LogP contribution in [0, 0.1) is 0 Å². The number of nitrogens with one attached hydrogen (secondary N) is 2. The average Bonchev–Trinajstić information content (AvgIpc) is 3.33. The molecule has 2 aliphatic rings. The number of carbonyl (C=O) groups excluding carboxylic acids is 1. The van der Waals surface area contributed by atoms with Crippen LogP contribution in [0.15, 0.2) is 59.1 Å². The summed E-state index contributed by atoms with van der Waals surface area (Å²) in [5.74, 6) is 1.39. The zero-order valence-electron chi connectivity index (χ0n) is 19.4. The molecule has 6 rings (SSSR count). The van der Waals surface area contributed by atoms with Crippen LogP contribution < -0.4 is 19.9 Å². The highest BCUT2D eigenvalue weighted by Crippen LogP contribution is 2.46. The Bertz CT molecular complexity index is 1400. The fraction of sp³-hybridized carbons (Fsp3) is 0.259.